The number of pyridine rings is 2. The molecule has 26 aromatic rings. The lowest BCUT2D eigenvalue weighted by Crippen LogP contribution is -2.25. The maximum Gasteiger partial charge on any atom is 0.136 e. The van der Waals surface area contributed by atoms with Gasteiger partial charge in [0.05, 0.1) is 44.3 Å². The third-order valence-electron chi connectivity index (χ3n) is 28.0. The maximum atomic E-state index is 6.47. The van der Waals surface area contributed by atoms with Crippen LogP contribution in [0.3, 0.4) is 0 Å². The molecular weight excluding hydrogens is 1560 g/mol. The number of rotatable bonds is 4. The van der Waals surface area contributed by atoms with Crippen molar-refractivity contribution in [3.05, 3.63) is 433 Å². The lowest BCUT2D eigenvalue weighted by molar-refractivity contribution is 0.669. The molecule has 0 bridgehead atoms. The SMILES string of the molecule is c1cc(-c2nc3ccccc3c3c4c(ccc23)C2(c3ccccc3-c3ccccc32)c2ccccc2-4)cc(-n2c3cc4c(cc3c3c5ccccc5sc32)oc2ccccc24)c1.c1cc(-c2nc3ccccc3c3c4c(ccc23)C2(c3ccccc3-c3ccccc32)c2ccccc2-4)cc(-n2c3cc4c(cc3c3c5ccccc5sc32)sc2ccccc24)c1. The minimum atomic E-state index is -0.422. The zero-order valence-electron chi connectivity index (χ0n) is 66.4. The summed E-state index contributed by atoms with van der Waals surface area (Å²) in [4.78, 5) is 13.6. The lowest BCUT2D eigenvalue weighted by atomic mass is 9.70. The number of para-hydroxylation sites is 3. The van der Waals surface area contributed by atoms with E-state index in [-0.39, 0.29) is 0 Å². The molecule has 124 heavy (non-hydrogen) atoms. The molecule has 0 N–H and O–H groups in total. The number of fused-ring (bicyclic) bond motifs is 44. The maximum absolute atomic E-state index is 6.47. The number of furan rings is 1. The lowest BCUT2D eigenvalue weighted by Gasteiger charge is -2.30. The molecule has 30 rings (SSSR count). The Labute approximate surface area is 721 Å². The summed E-state index contributed by atoms with van der Waals surface area (Å²) in [6.45, 7) is 0. The minimum absolute atomic E-state index is 0.415. The molecule has 8 heteroatoms. The quantitative estimate of drug-likeness (QED) is 0.165. The summed E-state index contributed by atoms with van der Waals surface area (Å²) in [5, 5.41) is 19.8. The predicted octanol–water partition coefficient (Wildman–Crippen LogP) is 31.7. The van der Waals surface area contributed by atoms with Gasteiger partial charge in [0, 0.05) is 127 Å². The van der Waals surface area contributed by atoms with Crippen LogP contribution in [-0.4, -0.2) is 19.1 Å². The van der Waals surface area contributed by atoms with E-state index in [1.54, 1.807) is 0 Å². The summed E-state index contributed by atoms with van der Waals surface area (Å²) in [6, 6.07) is 144. The van der Waals surface area contributed by atoms with Gasteiger partial charge in [0.15, 0.2) is 0 Å². The second-order valence-electron chi connectivity index (χ2n) is 33.8. The molecule has 4 aliphatic rings. The Kier molecular flexibility index (Phi) is 13.5. The molecule has 0 radical (unpaired) electrons. The Morgan fingerprint density at radius 1 is 0.226 bits per heavy atom. The summed E-state index contributed by atoms with van der Waals surface area (Å²) < 4.78 is 16.7. The third kappa shape index (κ3) is 8.70. The number of benzene rings is 18. The number of hydrogen-bond donors (Lipinski definition) is 0. The normalized spacial score (nSPS) is 13.6. The zero-order valence-corrected chi connectivity index (χ0v) is 68.8. The van der Waals surface area contributed by atoms with Crippen molar-refractivity contribution >= 4 is 182 Å². The van der Waals surface area contributed by atoms with Crippen molar-refractivity contribution in [1.29, 1.82) is 0 Å². The first-order chi connectivity index (χ1) is 61.5. The van der Waals surface area contributed by atoms with Crippen LogP contribution < -0.4 is 0 Å². The van der Waals surface area contributed by atoms with Gasteiger partial charge in [0.2, 0.25) is 0 Å². The van der Waals surface area contributed by atoms with Gasteiger partial charge in [-0.05, 0) is 174 Å². The first-order valence-electron chi connectivity index (χ1n) is 42.6. The molecule has 0 amide bonds. The van der Waals surface area contributed by atoms with Crippen LogP contribution >= 0.6 is 34.0 Å². The third-order valence-corrected chi connectivity index (χ3v) is 31.4. The van der Waals surface area contributed by atoms with Crippen LogP contribution in [0.2, 0.25) is 0 Å². The molecule has 18 aromatic carbocycles. The van der Waals surface area contributed by atoms with Crippen molar-refractivity contribution in [2.75, 3.05) is 0 Å². The Morgan fingerprint density at radius 3 is 1.09 bits per heavy atom. The highest BCUT2D eigenvalue weighted by Gasteiger charge is 2.54. The molecule has 8 heterocycles. The molecule has 572 valence electrons. The molecule has 0 aliphatic heterocycles. The van der Waals surface area contributed by atoms with Gasteiger partial charge < -0.3 is 13.6 Å². The Bertz CT molecular complexity index is 8690. The summed E-state index contributed by atoms with van der Waals surface area (Å²) in [5.74, 6) is 0. The highest BCUT2D eigenvalue weighted by molar-refractivity contribution is 7.27. The first kappa shape index (κ1) is 67.6. The van der Waals surface area contributed by atoms with E-state index >= 15 is 0 Å². The van der Waals surface area contributed by atoms with Gasteiger partial charge in [-0.15, -0.1) is 34.0 Å². The number of thiophene rings is 3. The van der Waals surface area contributed by atoms with Crippen LogP contribution in [0.5, 0.6) is 0 Å². The van der Waals surface area contributed by atoms with Crippen molar-refractivity contribution in [3.8, 4) is 78.4 Å². The van der Waals surface area contributed by atoms with E-state index in [0.717, 1.165) is 72.2 Å². The van der Waals surface area contributed by atoms with Gasteiger partial charge in [0.25, 0.3) is 0 Å². The second kappa shape index (κ2) is 24.8. The summed E-state index contributed by atoms with van der Waals surface area (Å²) in [6.07, 6.45) is 0. The largest absolute Gasteiger partial charge is 0.456 e. The summed E-state index contributed by atoms with van der Waals surface area (Å²) in [5.41, 5.74) is 33.1. The fourth-order valence-corrected chi connectivity index (χ4v) is 26.8. The monoisotopic (exact) mass is 1620 g/mol. The van der Waals surface area contributed by atoms with Crippen LogP contribution in [0.25, 0.3) is 226 Å². The van der Waals surface area contributed by atoms with E-state index < -0.39 is 10.8 Å². The minimum Gasteiger partial charge on any atom is -0.456 e. The van der Waals surface area contributed by atoms with Crippen molar-refractivity contribution < 1.29 is 4.42 Å². The van der Waals surface area contributed by atoms with Crippen LogP contribution in [0.1, 0.15) is 44.5 Å². The average molecular weight is 1630 g/mol. The van der Waals surface area contributed by atoms with Crippen molar-refractivity contribution in [1.82, 2.24) is 19.1 Å². The average Bonchev–Trinajstić information content (AvgIpc) is 1.50. The van der Waals surface area contributed by atoms with Crippen LogP contribution in [0.15, 0.2) is 393 Å². The van der Waals surface area contributed by atoms with E-state index in [2.05, 4.69) is 391 Å². The summed E-state index contributed by atoms with van der Waals surface area (Å²) >= 11 is 5.62. The molecule has 5 nitrogen and oxygen atoms in total. The standard InChI is InChI=1S/C58H32N2OS.C58H32N2S2/c1-7-22-44-35(16-1)36-17-2-8-23-45(36)58(44)46-24-9-3-19-38(46)55-47(58)29-28-41-53(55)39-20-4-10-25-48(39)59-56(41)33-14-13-15-34(30-33)60-49-31-42-37-18-5-11-26-50(37)61-51(42)32-43(49)54-40-21-6-12-27-52(40)62-57(54)60;1-7-22-44-35(16-1)36-17-2-8-23-45(36)58(44)46-24-9-3-19-38(46)55-47(58)29-28-41-53(55)39-20-4-10-25-48(39)59-56(41)33-14-13-15-34(30-33)60-49-31-42-37-18-5-11-26-50(37)61-52(42)32-43(49)54-40-21-6-12-27-51(40)62-57(54)60/h2*1-32H. The van der Waals surface area contributed by atoms with Crippen molar-refractivity contribution in [2.45, 2.75) is 10.8 Å². The topological polar surface area (TPSA) is 48.8 Å². The second-order valence-corrected chi connectivity index (χ2v) is 37.0. The fourth-order valence-electron chi connectivity index (χ4n) is 23.2. The Balaban J connectivity index is 0.000000124. The Morgan fingerprint density at radius 2 is 0.605 bits per heavy atom. The molecule has 2 spiro atoms. The van der Waals surface area contributed by atoms with E-state index in [1.807, 2.05) is 40.1 Å². The van der Waals surface area contributed by atoms with E-state index in [0.29, 0.717) is 0 Å². The molecule has 0 atom stereocenters. The van der Waals surface area contributed by atoms with E-state index in [9.17, 15) is 0 Å². The van der Waals surface area contributed by atoms with Gasteiger partial charge in [-0.1, -0.05) is 303 Å². The summed E-state index contributed by atoms with van der Waals surface area (Å²) in [7, 11) is 0. The van der Waals surface area contributed by atoms with Gasteiger partial charge in [-0.25, -0.2) is 9.97 Å². The highest BCUT2D eigenvalue weighted by atomic mass is 32.1. The fraction of sp³-hybridized carbons (Fsp3) is 0.0172. The molecule has 8 aromatic heterocycles. The molecule has 4 aliphatic carbocycles. The molecule has 0 fully saturated rings. The first-order valence-corrected chi connectivity index (χ1v) is 45.0. The molecule has 0 unspecified atom stereocenters. The smallest absolute Gasteiger partial charge is 0.136 e. The predicted molar refractivity (Wildman–Crippen MR) is 522 cm³/mol. The number of hydrogen-bond acceptors (Lipinski definition) is 6. The Hall–Kier alpha value is -15.2. The van der Waals surface area contributed by atoms with Gasteiger partial charge in [0.1, 0.15) is 20.8 Å². The number of nitrogens with zero attached hydrogens (tertiary/aromatic N) is 4. The van der Waals surface area contributed by atoms with E-state index in [1.165, 1.54) is 199 Å². The highest BCUT2D eigenvalue weighted by Crippen LogP contribution is 2.67. The molecular formula is C116H64N4OS3. The zero-order chi connectivity index (χ0) is 80.5. The number of aromatic nitrogens is 4. The van der Waals surface area contributed by atoms with Crippen molar-refractivity contribution in [3.63, 3.8) is 0 Å². The van der Waals surface area contributed by atoms with Gasteiger partial charge >= 0.3 is 0 Å². The van der Waals surface area contributed by atoms with Crippen LogP contribution in [0.4, 0.5) is 0 Å². The van der Waals surface area contributed by atoms with Gasteiger partial charge in [-0.2, -0.15) is 0 Å². The van der Waals surface area contributed by atoms with Gasteiger partial charge in [-0.3, -0.25) is 0 Å². The van der Waals surface area contributed by atoms with Crippen LogP contribution in [-0.2, 0) is 10.8 Å². The molecule has 0 saturated carbocycles. The van der Waals surface area contributed by atoms with Crippen molar-refractivity contribution in [2.24, 2.45) is 0 Å². The van der Waals surface area contributed by atoms with E-state index in [4.69, 9.17) is 14.4 Å². The molecule has 0 saturated heterocycles. The van der Waals surface area contributed by atoms with Crippen LogP contribution in [0, 0.1) is 0 Å².